The van der Waals surface area contributed by atoms with Crippen LogP contribution in [0, 0.1) is 13.8 Å². The fraction of sp³-hybridized carbons (Fsp3) is 0.217. The lowest BCUT2D eigenvalue weighted by Crippen LogP contribution is -2.00. The van der Waals surface area contributed by atoms with Crippen molar-refractivity contribution in [3.63, 3.8) is 0 Å². The highest BCUT2D eigenvalue weighted by atomic mass is 16.5. The van der Waals surface area contributed by atoms with E-state index >= 15 is 0 Å². The first-order valence-corrected chi connectivity index (χ1v) is 9.59. The number of ether oxygens (including phenoxy) is 2. The topological polar surface area (TPSA) is 75.0 Å². The molecule has 1 aromatic carbocycles. The molecule has 3 heterocycles. The Balaban J connectivity index is 1.66. The maximum absolute atomic E-state index is 5.39. The minimum Gasteiger partial charge on any atom is -0.480 e. The highest BCUT2D eigenvalue weighted by Gasteiger charge is 2.15. The molecule has 7 heteroatoms. The van der Waals surface area contributed by atoms with Gasteiger partial charge in [-0.1, -0.05) is 29.8 Å². The minimum atomic E-state index is 0.240. The van der Waals surface area contributed by atoms with Crippen molar-refractivity contribution in [2.45, 2.75) is 20.4 Å². The van der Waals surface area contributed by atoms with Crippen LogP contribution in [-0.4, -0.2) is 39.0 Å². The molecule has 4 rings (SSSR count). The molecule has 152 valence electrons. The molecule has 0 bridgehead atoms. The van der Waals surface area contributed by atoms with Gasteiger partial charge in [0.25, 0.3) is 0 Å². The van der Waals surface area contributed by atoms with E-state index in [1.165, 1.54) is 18.2 Å². The van der Waals surface area contributed by atoms with Crippen molar-refractivity contribution in [3.05, 3.63) is 71.8 Å². The maximum atomic E-state index is 5.39. The molecule has 0 N–H and O–H groups in total. The number of aryl methyl sites for hydroxylation is 2. The molecule has 0 radical (unpaired) electrons. The Morgan fingerprint density at radius 3 is 2.47 bits per heavy atom. The lowest BCUT2D eigenvalue weighted by molar-refractivity contribution is 0.353. The summed E-state index contributed by atoms with van der Waals surface area (Å²) in [6.07, 6.45) is 5.83. The number of benzene rings is 1. The number of hydrogen-bond acceptors (Lipinski definition) is 6. The molecule has 0 unspecified atom stereocenters. The molecule has 0 amide bonds. The molecule has 3 aromatic heterocycles. The molecule has 0 aliphatic rings. The van der Waals surface area contributed by atoms with Crippen molar-refractivity contribution in [1.29, 1.82) is 0 Å². The second-order valence-corrected chi connectivity index (χ2v) is 7.07. The van der Waals surface area contributed by atoms with Crippen LogP contribution in [0.5, 0.6) is 11.9 Å². The summed E-state index contributed by atoms with van der Waals surface area (Å²) >= 11 is 0. The SMILES string of the molecule is COc1ncc(-c2cc(-c3ccn(Cc4ccc(C)cc4)c3)c(C)nn2)c(OC)n1. The largest absolute Gasteiger partial charge is 0.480 e. The summed E-state index contributed by atoms with van der Waals surface area (Å²) in [4.78, 5) is 8.42. The van der Waals surface area contributed by atoms with Crippen molar-refractivity contribution in [3.8, 4) is 34.3 Å². The molecule has 4 aromatic rings. The van der Waals surface area contributed by atoms with E-state index in [4.69, 9.17) is 9.47 Å². The van der Waals surface area contributed by atoms with Gasteiger partial charge in [-0.2, -0.15) is 10.1 Å². The molecule has 0 aliphatic carbocycles. The van der Waals surface area contributed by atoms with E-state index in [-0.39, 0.29) is 6.01 Å². The fourth-order valence-electron chi connectivity index (χ4n) is 3.26. The smallest absolute Gasteiger partial charge is 0.319 e. The summed E-state index contributed by atoms with van der Waals surface area (Å²) in [7, 11) is 3.07. The van der Waals surface area contributed by atoms with Crippen LogP contribution in [0.3, 0.4) is 0 Å². The van der Waals surface area contributed by atoms with Gasteiger partial charge in [0.05, 0.1) is 25.5 Å². The third-order valence-corrected chi connectivity index (χ3v) is 4.91. The number of methoxy groups -OCH3 is 2. The van der Waals surface area contributed by atoms with E-state index in [2.05, 4.69) is 74.4 Å². The van der Waals surface area contributed by atoms with E-state index in [1.54, 1.807) is 13.3 Å². The molecular formula is C23H23N5O2. The number of aromatic nitrogens is 5. The van der Waals surface area contributed by atoms with Crippen LogP contribution in [0.25, 0.3) is 22.4 Å². The van der Waals surface area contributed by atoms with Crippen LogP contribution in [0.1, 0.15) is 16.8 Å². The summed E-state index contributed by atoms with van der Waals surface area (Å²) in [6, 6.07) is 12.9. The summed E-state index contributed by atoms with van der Waals surface area (Å²) in [5.41, 5.74) is 6.74. The van der Waals surface area contributed by atoms with Crippen molar-refractivity contribution in [2.24, 2.45) is 0 Å². The number of nitrogens with zero attached hydrogens (tertiary/aromatic N) is 5. The lowest BCUT2D eigenvalue weighted by atomic mass is 10.1. The monoisotopic (exact) mass is 401 g/mol. The van der Waals surface area contributed by atoms with Gasteiger partial charge in [0.2, 0.25) is 5.88 Å². The summed E-state index contributed by atoms with van der Waals surface area (Å²) in [6.45, 7) is 4.85. The Bertz CT molecular complexity index is 1170. The molecular weight excluding hydrogens is 378 g/mol. The van der Waals surface area contributed by atoms with Gasteiger partial charge in [-0.15, -0.1) is 5.10 Å². The Kier molecular flexibility index (Phi) is 5.43. The minimum absolute atomic E-state index is 0.240. The third-order valence-electron chi connectivity index (χ3n) is 4.91. The van der Waals surface area contributed by atoms with Gasteiger partial charge in [-0.3, -0.25) is 0 Å². The van der Waals surface area contributed by atoms with Gasteiger partial charge in [-0.05, 0) is 31.5 Å². The molecule has 0 fully saturated rings. The standard InChI is InChI=1S/C23H23N5O2/c1-15-5-7-17(8-6-15)13-28-10-9-18(14-28)19-11-21(27-26-16(19)2)20-12-24-23(30-4)25-22(20)29-3/h5-12,14H,13H2,1-4H3. The highest BCUT2D eigenvalue weighted by Crippen LogP contribution is 2.31. The summed E-state index contributed by atoms with van der Waals surface area (Å²) in [5.74, 6) is 0.392. The Morgan fingerprint density at radius 1 is 0.933 bits per heavy atom. The molecule has 0 saturated carbocycles. The maximum Gasteiger partial charge on any atom is 0.319 e. The normalized spacial score (nSPS) is 10.8. The second kappa shape index (κ2) is 8.32. The number of hydrogen-bond donors (Lipinski definition) is 0. The highest BCUT2D eigenvalue weighted by molar-refractivity contribution is 5.73. The van der Waals surface area contributed by atoms with E-state index in [9.17, 15) is 0 Å². The first kappa shape index (κ1) is 19.6. The zero-order chi connectivity index (χ0) is 21.1. The Morgan fingerprint density at radius 2 is 1.73 bits per heavy atom. The molecule has 0 spiro atoms. The number of rotatable bonds is 6. The van der Waals surface area contributed by atoms with Gasteiger partial charge >= 0.3 is 6.01 Å². The average molecular weight is 401 g/mol. The zero-order valence-electron chi connectivity index (χ0n) is 17.5. The van der Waals surface area contributed by atoms with Crippen molar-refractivity contribution in [2.75, 3.05) is 14.2 Å². The second-order valence-electron chi connectivity index (χ2n) is 7.07. The van der Waals surface area contributed by atoms with Gasteiger partial charge in [0.15, 0.2) is 0 Å². The zero-order valence-corrected chi connectivity index (χ0v) is 17.5. The predicted octanol–water partition coefficient (Wildman–Crippen LogP) is 4.08. The third kappa shape index (κ3) is 4.00. The first-order chi connectivity index (χ1) is 14.6. The van der Waals surface area contributed by atoms with Crippen LogP contribution < -0.4 is 9.47 Å². The van der Waals surface area contributed by atoms with Crippen LogP contribution in [0.2, 0.25) is 0 Å². The van der Waals surface area contributed by atoms with Gasteiger partial charge < -0.3 is 14.0 Å². The van der Waals surface area contributed by atoms with Gasteiger partial charge in [0, 0.05) is 36.3 Å². The molecule has 0 saturated heterocycles. The first-order valence-electron chi connectivity index (χ1n) is 9.59. The molecule has 30 heavy (non-hydrogen) atoms. The average Bonchev–Trinajstić information content (AvgIpc) is 3.23. The lowest BCUT2D eigenvalue weighted by Gasteiger charge is -2.09. The predicted molar refractivity (Wildman–Crippen MR) is 115 cm³/mol. The summed E-state index contributed by atoms with van der Waals surface area (Å²) < 4.78 is 12.6. The van der Waals surface area contributed by atoms with E-state index in [0.717, 1.165) is 23.4 Å². The quantitative estimate of drug-likeness (QED) is 0.485. The van der Waals surface area contributed by atoms with Crippen molar-refractivity contribution in [1.82, 2.24) is 24.7 Å². The van der Waals surface area contributed by atoms with Crippen molar-refractivity contribution >= 4 is 0 Å². The van der Waals surface area contributed by atoms with E-state index < -0.39 is 0 Å². The Hall–Kier alpha value is -3.74. The van der Waals surface area contributed by atoms with Crippen LogP contribution in [-0.2, 0) is 6.54 Å². The summed E-state index contributed by atoms with van der Waals surface area (Å²) in [5, 5.41) is 8.68. The fourth-order valence-corrected chi connectivity index (χ4v) is 3.26. The van der Waals surface area contributed by atoms with Crippen LogP contribution >= 0.6 is 0 Å². The van der Waals surface area contributed by atoms with Gasteiger partial charge in [-0.25, -0.2) is 4.98 Å². The van der Waals surface area contributed by atoms with Crippen LogP contribution in [0.4, 0.5) is 0 Å². The molecule has 0 aliphatic heterocycles. The molecule has 0 atom stereocenters. The van der Waals surface area contributed by atoms with Gasteiger partial charge in [0.1, 0.15) is 5.69 Å². The van der Waals surface area contributed by atoms with Crippen LogP contribution in [0.15, 0.2) is 55.0 Å². The molecule has 7 nitrogen and oxygen atoms in total. The van der Waals surface area contributed by atoms with Crippen molar-refractivity contribution < 1.29 is 9.47 Å². The van der Waals surface area contributed by atoms with E-state index in [0.29, 0.717) is 17.1 Å². The van der Waals surface area contributed by atoms with E-state index in [1.807, 2.05) is 13.0 Å². The Labute approximate surface area is 175 Å².